The van der Waals surface area contributed by atoms with Gasteiger partial charge < -0.3 is 0 Å². The summed E-state index contributed by atoms with van der Waals surface area (Å²) in [5.74, 6) is 0. The maximum Gasteiger partial charge on any atom is 0.192 e. The van der Waals surface area contributed by atoms with Crippen molar-refractivity contribution in [3.05, 3.63) is 30.3 Å². The van der Waals surface area contributed by atoms with Crippen LogP contribution in [0.2, 0.25) is 0 Å². The van der Waals surface area contributed by atoms with E-state index in [4.69, 9.17) is 0 Å². The van der Waals surface area contributed by atoms with Crippen LogP contribution in [0.1, 0.15) is 0 Å². The Bertz CT molecular complexity index is 178. The maximum atomic E-state index is 10.1. The molecule has 0 aliphatic carbocycles. The van der Waals surface area contributed by atoms with E-state index in [1.165, 1.54) is 0 Å². The van der Waals surface area contributed by atoms with Crippen molar-refractivity contribution in [1.82, 2.24) is 0 Å². The van der Waals surface area contributed by atoms with Gasteiger partial charge in [0.05, 0.1) is 0 Å². The maximum absolute atomic E-state index is 10.1. The van der Waals surface area contributed by atoms with Crippen molar-refractivity contribution in [2.75, 3.05) is 0 Å². The fourth-order valence-corrected chi connectivity index (χ4v) is 0.783. The van der Waals surface area contributed by atoms with Crippen LogP contribution in [0.5, 0.6) is 0 Å². The highest BCUT2D eigenvalue weighted by atomic mass is 79.9. The normalized spacial score (nSPS) is 7.60. The SMILES string of the molecule is Br.Br.O=Pc1ccccc1. The van der Waals surface area contributed by atoms with E-state index >= 15 is 0 Å². The first-order valence-electron chi connectivity index (χ1n) is 2.32. The minimum Gasteiger partial charge on any atom is -0.269 e. The van der Waals surface area contributed by atoms with Crippen molar-refractivity contribution >= 4 is 47.7 Å². The first-order chi connectivity index (χ1) is 3.93. The minimum atomic E-state index is 0. The molecule has 1 aromatic carbocycles. The first kappa shape index (κ1) is 12.9. The van der Waals surface area contributed by atoms with Crippen LogP contribution in [0.3, 0.4) is 0 Å². The lowest BCUT2D eigenvalue weighted by Crippen LogP contribution is -1.84. The largest absolute Gasteiger partial charge is 0.269 e. The van der Waals surface area contributed by atoms with E-state index in [1.807, 2.05) is 30.3 Å². The van der Waals surface area contributed by atoms with Gasteiger partial charge >= 0.3 is 0 Å². The summed E-state index contributed by atoms with van der Waals surface area (Å²) in [7, 11) is 0.0994. The summed E-state index contributed by atoms with van der Waals surface area (Å²) < 4.78 is 10.1. The standard InChI is InChI=1S/C6H5OP.2BrH/c7-8-6-4-2-1-3-5-6;;/h1-5H;2*1H. The van der Waals surface area contributed by atoms with E-state index in [9.17, 15) is 4.57 Å². The number of hydrogen-bond donors (Lipinski definition) is 0. The Labute approximate surface area is 82.6 Å². The molecule has 0 aliphatic rings. The molecule has 0 N–H and O–H groups in total. The molecule has 0 heterocycles. The lowest BCUT2D eigenvalue weighted by Gasteiger charge is -1.80. The molecule has 0 bridgehead atoms. The summed E-state index contributed by atoms with van der Waals surface area (Å²) >= 11 is 0. The molecule has 56 valence electrons. The average Bonchev–Trinajstić information content (AvgIpc) is 1.90. The second kappa shape index (κ2) is 7.39. The van der Waals surface area contributed by atoms with Crippen molar-refractivity contribution in [3.63, 3.8) is 0 Å². The molecule has 1 nitrogen and oxygen atoms in total. The van der Waals surface area contributed by atoms with Gasteiger partial charge in [0.15, 0.2) is 8.46 Å². The lowest BCUT2D eigenvalue weighted by atomic mass is 10.4. The van der Waals surface area contributed by atoms with Gasteiger partial charge in [0.25, 0.3) is 0 Å². The van der Waals surface area contributed by atoms with E-state index in [-0.39, 0.29) is 42.4 Å². The molecule has 0 spiro atoms. The van der Waals surface area contributed by atoms with Gasteiger partial charge in [-0.05, 0) is 12.1 Å². The van der Waals surface area contributed by atoms with Crippen molar-refractivity contribution in [1.29, 1.82) is 0 Å². The van der Waals surface area contributed by atoms with Crippen LogP contribution in [0.15, 0.2) is 30.3 Å². The van der Waals surface area contributed by atoms with Crippen LogP contribution in [0.4, 0.5) is 0 Å². The Kier molecular flexibility index (Phi) is 9.54. The number of benzene rings is 1. The Morgan fingerprint density at radius 2 is 1.50 bits per heavy atom. The molecular weight excluding hydrogens is 279 g/mol. The predicted molar refractivity (Wildman–Crippen MR) is 54.3 cm³/mol. The van der Waals surface area contributed by atoms with Gasteiger partial charge in [-0.3, -0.25) is 4.57 Å². The van der Waals surface area contributed by atoms with E-state index in [0.29, 0.717) is 0 Å². The van der Waals surface area contributed by atoms with Crippen LogP contribution in [0.25, 0.3) is 0 Å². The fourth-order valence-electron chi connectivity index (χ4n) is 0.489. The van der Waals surface area contributed by atoms with Crippen molar-refractivity contribution < 1.29 is 4.57 Å². The number of rotatable bonds is 1. The zero-order chi connectivity index (χ0) is 5.82. The smallest absolute Gasteiger partial charge is 0.192 e. The lowest BCUT2D eigenvalue weighted by molar-refractivity contribution is 0.603. The van der Waals surface area contributed by atoms with Gasteiger partial charge in [-0.25, -0.2) is 0 Å². The average molecular weight is 286 g/mol. The molecule has 4 heteroatoms. The number of halogens is 2. The van der Waals surface area contributed by atoms with Crippen LogP contribution in [-0.4, -0.2) is 0 Å². The summed E-state index contributed by atoms with van der Waals surface area (Å²) in [6, 6.07) is 9.25. The Morgan fingerprint density at radius 3 is 1.80 bits per heavy atom. The highest BCUT2D eigenvalue weighted by Crippen LogP contribution is 1.92. The monoisotopic (exact) mass is 284 g/mol. The van der Waals surface area contributed by atoms with E-state index in [0.717, 1.165) is 5.30 Å². The molecule has 0 aromatic heterocycles. The molecular formula is C6H7Br2OP. The molecule has 1 rings (SSSR count). The predicted octanol–water partition coefficient (Wildman–Crippen LogP) is 2.76. The molecule has 0 saturated carbocycles. The van der Waals surface area contributed by atoms with Gasteiger partial charge in [-0.1, -0.05) is 18.2 Å². The van der Waals surface area contributed by atoms with Gasteiger partial charge in [-0.2, -0.15) is 0 Å². The highest BCUT2D eigenvalue weighted by molar-refractivity contribution is 8.93. The molecule has 0 fully saturated rings. The number of hydrogen-bond acceptors (Lipinski definition) is 1. The summed E-state index contributed by atoms with van der Waals surface area (Å²) in [4.78, 5) is 0. The van der Waals surface area contributed by atoms with Gasteiger partial charge in [-0.15, -0.1) is 34.0 Å². The van der Waals surface area contributed by atoms with E-state index in [1.54, 1.807) is 0 Å². The summed E-state index contributed by atoms with van der Waals surface area (Å²) in [5.41, 5.74) is 0. The summed E-state index contributed by atoms with van der Waals surface area (Å²) in [5, 5.41) is 0.826. The first-order valence-corrected chi connectivity index (χ1v) is 3.13. The summed E-state index contributed by atoms with van der Waals surface area (Å²) in [6.45, 7) is 0. The Hall–Kier alpha value is 0.280. The topological polar surface area (TPSA) is 17.1 Å². The van der Waals surface area contributed by atoms with Crippen molar-refractivity contribution in [2.45, 2.75) is 0 Å². The fraction of sp³-hybridized carbons (Fsp3) is 0. The van der Waals surface area contributed by atoms with Gasteiger partial charge in [0.1, 0.15) is 0 Å². The van der Waals surface area contributed by atoms with Crippen LogP contribution >= 0.6 is 42.4 Å². The Balaban J connectivity index is 0. The molecule has 0 unspecified atom stereocenters. The van der Waals surface area contributed by atoms with E-state index < -0.39 is 0 Å². The van der Waals surface area contributed by atoms with Crippen LogP contribution in [-0.2, 0) is 4.57 Å². The quantitative estimate of drug-likeness (QED) is 0.725. The highest BCUT2D eigenvalue weighted by Gasteiger charge is 1.81. The van der Waals surface area contributed by atoms with Crippen molar-refractivity contribution in [2.24, 2.45) is 0 Å². The third-order valence-corrected chi connectivity index (χ3v) is 1.37. The molecule has 1 aromatic rings. The summed E-state index contributed by atoms with van der Waals surface area (Å²) in [6.07, 6.45) is 0. The van der Waals surface area contributed by atoms with Crippen molar-refractivity contribution in [3.8, 4) is 0 Å². The zero-order valence-corrected chi connectivity index (χ0v) is 9.38. The van der Waals surface area contributed by atoms with Gasteiger partial charge in [0.2, 0.25) is 0 Å². The third-order valence-electron chi connectivity index (χ3n) is 0.862. The van der Waals surface area contributed by atoms with E-state index in [2.05, 4.69) is 0 Å². The molecule has 0 amide bonds. The molecule has 0 atom stereocenters. The zero-order valence-electron chi connectivity index (χ0n) is 5.06. The molecule has 10 heavy (non-hydrogen) atoms. The minimum absolute atomic E-state index is 0. The Morgan fingerprint density at radius 1 is 1.00 bits per heavy atom. The van der Waals surface area contributed by atoms with Gasteiger partial charge in [0, 0.05) is 5.30 Å². The van der Waals surface area contributed by atoms with Crippen LogP contribution in [0, 0.1) is 0 Å². The van der Waals surface area contributed by atoms with Crippen LogP contribution < -0.4 is 5.30 Å². The molecule has 0 radical (unpaired) electrons. The molecule has 0 aliphatic heterocycles. The second-order valence-electron chi connectivity index (χ2n) is 1.43. The third kappa shape index (κ3) is 4.15. The second-order valence-corrected chi connectivity index (χ2v) is 2.13. The molecule has 0 saturated heterocycles.